The minimum Gasteiger partial charge on any atom is -0.385 e. The fourth-order valence-electron chi connectivity index (χ4n) is 1.58. The quantitative estimate of drug-likeness (QED) is 0.619. The van der Waals surface area contributed by atoms with E-state index in [1.54, 1.807) is 11.8 Å². The first-order valence-corrected chi connectivity index (χ1v) is 6.75. The van der Waals surface area contributed by atoms with Crippen molar-refractivity contribution in [2.45, 2.75) is 11.0 Å². The first-order valence-electron chi connectivity index (χ1n) is 5.52. The normalized spacial score (nSPS) is 12.3. The van der Waals surface area contributed by atoms with Gasteiger partial charge in [0, 0.05) is 23.3 Å². The van der Waals surface area contributed by atoms with E-state index in [1.807, 2.05) is 30.5 Å². The highest BCUT2D eigenvalue weighted by Gasteiger charge is 2.09. The Morgan fingerprint density at radius 3 is 3.00 bits per heavy atom. The smallest absolute Gasteiger partial charge is 0.323 e. The zero-order chi connectivity index (χ0) is 13.0. The van der Waals surface area contributed by atoms with Gasteiger partial charge in [-0.1, -0.05) is 6.07 Å². The zero-order valence-corrected chi connectivity index (χ0v) is 10.8. The van der Waals surface area contributed by atoms with E-state index in [0.29, 0.717) is 12.2 Å². The molecule has 0 saturated heterocycles. The number of aromatic nitrogens is 2. The minimum atomic E-state index is -0.748. The molecular formula is C12H15N3O2S. The molecule has 2 aromatic rings. The molecule has 18 heavy (non-hydrogen) atoms. The third-order valence-electron chi connectivity index (χ3n) is 2.54. The van der Waals surface area contributed by atoms with Gasteiger partial charge in [-0.2, -0.15) is 0 Å². The summed E-state index contributed by atoms with van der Waals surface area (Å²) in [4.78, 5) is 17.1. The van der Waals surface area contributed by atoms with Gasteiger partial charge in [-0.3, -0.25) is 0 Å². The highest BCUT2D eigenvalue weighted by molar-refractivity contribution is 7.98. The van der Waals surface area contributed by atoms with E-state index in [-0.39, 0.29) is 5.69 Å². The lowest BCUT2D eigenvalue weighted by atomic mass is 10.2. The van der Waals surface area contributed by atoms with Crippen LogP contribution in [0, 0.1) is 0 Å². The molecule has 1 heterocycles. The van der Waals surface area contributed by atoms with Gasteiger partial charge in [0.2, 0.25) is 0 Å². The van der Waals surface area contributed by atoms with Crippen LogP contribution >= 0.6 is 11.8 Å². The molecule has 0 aliphatic rings. The maximum Gasteiger partial charge on any atom is 0.323 e. The molecule has 0 spiro atoms. The number of aromatic amines is 2. The summed E-state index contributed by atoms with van der Waals surface area (Å²) in [7, 11) is 0. The summed E-state index contributed by atoms with van der Waals surface area (Å²) in [5.74, 6) is 0. The average molecular weight is 265 g/mol. The van der Waals surface area contributed by atoms with Crippen LogP contribution in [-0.2, 0) is 0 Å². The first-order chi connectivity index (χ1) is 8.69. The second-order valence-corrected chi connectivity index (χ2v) is 4.71. The predicted molar refractivity (Wildman–Crippen MR) is 73.1 cm³/mol. The number of H-pyrrole nitrogens is 2. The number of hydrogen-bond acceptors (Lipinski definition) is 4. The Morgan fingerprint density at radius 1 is 1.50 bits per heavy atom. The van der Waals surface area contributed by atoms with Gasteiger partial charge in [0.25, 0.3) is 0 Å². The zero-order valence-electron chi connectivity index (χ0n) is 9.93. The molecule has 0 aliphatic carbocycles. The van der Waals surface area contributed by atoms with Crippen molar-refractivity contribution in [3.8, 4) is 0 Å². The van der Waals surface area contributed by atoms with E-state index in [2.05, 4.69) is 15.3 Å². The molecule has 5 nitrogen and oxygen atoms in total. The molecule has 0 aliphatic heterocycles. The monoisotopic (exact) mass is 265 g/mol. The second-order valence-electron chi connectivity index (χ2n) is 3.83. The fraction of sp³-hybridized carbons (Fsp3) is 0.250. The molecule has 1 atom stereocenters. The Kier molecular flexibility index (Phi) is 4.11. The lowest BCUT2D eigenvalue weighted by Gasteiger charge is -2.11. The molecule has 0 amide bonds. The van der Waals surface area contributed by atoms with Crippen LogP contribution in [0.2, 0.25) is 0 Å². The number of rotatable bonds is 5. The molecule has 0 bridgehead atoms. The number of benzene rings is 1. The van der Waals surface area contributed by atoms with Crippen LogP contribution in [0.1, 0.15) is 11.8 Å². The van der Waals surface area contributed by atoms with E-state index >= 15 is 0 Å². The largest absolute Gasteiger partial charge is 0.385 e. The van der Waals surface area contributed by atoms with E-state index in [9.17, 15) is 9.90 Å². The molecular weight excluding hydrogens is 250 g/mol. The van der Waals surface area contributed by atoms with Crippen molar-refractivity contribution in [2.75, 3.05) is 18.1 Å². The Morgan fingerprint density at radius 2 is 2.33 bits per heavy atom. The molecule has 4 N–H and O–H groups in total. The summed E-state index contributed by atoms with van der Waals surface area (Å²) < 4.78 is 0. The third kappa shape index (κ3) is 3.18. The molecule has 1 aromatic heterocycles. The highest BCUT2D eigenvalue weighted by Crippen LogP contribution is 2.19. The van der Waals surface area contributed by atoms with Crippen molar-refractivity contribution < 1.29 is 5.11 Å². The first kappa shape index (κ1) is 12.8. The van der Waals surface area contributed by atoms with Gasteiger partial charge in [-0.05, 0) is 24.5 Å². The van der Waals surface area contributed by atoms with Crippen molar-refractivity contribution in [3.05, 3.63) is 46.6 Å². The van der Waals surface area contributed by atoms with Crippen LogP contribution in [-0.4, -0.2) is 27.9 Å². The van der Waals surface area contributed by atoms with Gasteiger partial charge in [-0.15, -0.1) is 11.8 Å². The van der Waals surface area contributed by atoms with E-state index in [1.165, 1.54) is 6.20 Å². The minimum absolute atomic E-state index is 0.312. The van der Waals surface area contributed by atoms with Crippen molar-refractivity contribution in [1.82, 2.24) is 9.97 Å². The highest BCUT2D eigenvalue weighted by atomic mass is 32.2. The maximum absolute atomic E-state index is 10.9. The summed E-state index contributed by atoms with van der Waals surface area (Å²) >= 11 is 1.66. The van der Waals surface area contributed by atoms with Gasteiger partial charge in [0.1, 0.15) is 6.10 Å². The lowest BCUT2D eigenvalue weighted by molar-refractivity contribution is 0.187. The molecule has 0 fully saturated rings. The van der Waals surface area contributed by atoms with Gasteiger partial charge < -0.3 is 20.4 Å². The Hall–Kier alpha value is -1.66. The molecule has 1 aromatic carbocycles. The van der Waals surface area contributed by atoms with Crippen molar-refractivity contribution >= 4 is 17.4 Å². The predicted octanol–water partition coefficient (Wildman–Crippen LogP) is 1.57. The topological polar surface area (TPSA) is 80.9 Å². The molecule has 2 rings (SSSR count). The number of aliphatic hydroxyl groups excluding tert-OH is 1. The van der Waals surface area contributed by atoms with Crippen LogP contribution in [0.15, 0.2) is 40.2 Å². The second kappa shape index (κ2) is 5.79. The molecule has 0 saturated carbocycles. The summed E-state index contributed by atoms with van der Waals surface area (Å²) in [6.45, 7) is 0.339. The molecule has 96 valence electrons. The summed E-state index contributed by atoms with van der Waals surface area (Å²) in [6.07, 6.45) is 2.74. The number of imidazole rings is 1. The molecule has 0 radical (unpaired) electrons. The van der Waals surface area contributed by atoms with E-state index < -0.39 is 6.10 Å². The van der Waals surface area contributed by atoms with Crippen LogP contribution in [0.5, 0.6) is 0 Å². The SMILES string of the molecule is CSc1cccc(NCC(O)c2c[nH]c(=O)[nH]2)c1. The molecule has 6 heteroatoms. The number of hydrogen-bond donors (Lipinski definition) is 4. The van der Waals surface area contributed by atoms with Crippen LogP contribution < -0.4 is 11.0 Å². The number of aliphatic hydroxyl groups is 1. The summed E-state index contributed by atoms with van der Waals surface area (Å²) in [5.41, 5.74) is 1.11. The van der Waals surface area contributed by atoms with Gasteiger partial charge in [-0.25, -0.2) is 4.79 Å². The van der Waals surface area contributed by atoms with Crippen molar-refractivity contribution in [3.63, 3.8) is 0 Å². The van der Waals surface area contributed by atoms with Gasteiger partial charge >= 0.3 is 5.69 Å². The summed E-state index contributed by atoms with van der Waals surface area (Å²) in [6, 6.07) is 7.93. The van der Waals surface area contributed by atoms with Crippen LogP contribution in [0.4, 0.5) is 5.69 Å². The summed E-state index contributed by atoms with van der Waals surface area (Å²) in [5, 5.41) is 13.0. The van der Waals surface area contributed by atoms with Crippen LogP contribution in [0.3, 0.4) is 0 Å². The van der Waals surface area contributed by atoms with Gasteiger partial charge in [0.05, 0.1) is 5.69 Å². The Balaban J connectivity index is 1.96. The van der Waals surface area contributed by atoms with Gasteiger partial charge in [0.15, 0.2) is 0 Å². The Labute approximate surface area is 109 Å². The lowest BCUT2D eigenvalue weighted by Crippen LogP contribution is -2.13. The fourth-order valence-corrected chi connectivity index (χ4v) is 2.04. The van der Waals surface area contributed by atoms with Crippen molar-refractivity contribution in [2.24, 2.45) is 0 Å². The molecule has 1 unspecified atom stereocenters. The van der Waals surface area contributed by atoms with Crippen molar-refractivity contribution in [1.29, 1.82) is 0 Å². The van der Waals surface area contributed by atoms with E-state index in [0.717, 1.165) is 10.6 Å². The van der Waals surface area contributed by atoms with Crippen LogP contribution in [0.25, 0.3) is 0 Å². The van der Waals surface area contributed by atoms with E-state index in [4.69, 9.17) is 0 Å². The average Bonchev–Trinajstić information content (AvgIpc) is 2.83. The third-order valence-corrected chi connectivity index (χ3v) is 3.27. The number of anilines is 1. The number of thioether (sulfide) groups is 1. The standard InChI is InChI=1S/C12H15N3O2S/c1-18-9-4-2-3-8(5-9)13-7-11(16)10-6-14-12(17)15-10/h2-6,11,13,16H,7H2,1H3,(H2,14,15,17). The number of nitrogens with one attached hydrogen (secondary N) is 3. The maximum atomic E-state index is 10.9. The Bertz CT molecular complexity index is 564.